The summed E-state index contributed by atoms with van der Waals surface area (Å²) in [6.45, 7) is 0. The van der Waals surface area contributed by atoms with Crippen molar-refractivity contribution in [2.24, 2.45) is 0 Å². The van der Waals surface area contributed by atoms with Gasteiger partial charge in [0.05, 0.1) is 23.3 Å². The number of hydrogen-bond donors (Lipinski definition) is 2. The van der Waals surface area contributed by atoms with Gasteiger partial charge in [-0.3, -0.25) is 5.32 Å². The van der Waals surface area contributed by atoms with Crippen LogP contribution in [0, 0.1) is 22.7 Å². The molecule has 0 saturated carbocycles. The van der Waals surface area contributed by atoms with Gasteiger partial charge in [0.25, 0.3) is 0 Å². The number of furan rings is 1. The van der Waals surface area contributed by atoms with Crippen molar-refractivity contribution in [1.29, 1.82) is 10.5 Å². The SMILES string of the molecule is N#Cc1ccc(-c2cc(-c3ccc(C#N)cc3)c3oc4cccc(-c5cccc(C6NC(c7ccccc7)N6Nc6ccccc6)c5)c4c3c2)cc1. The Morgan fingerprint density at radius 3 is 1.88 bits per heavy atom. The van der Waals surface area contributed by atoms with Crippen LogP contribution < -0.4 is 10.7 Å². The van der Waals surface area contributed by atoms with Crippen molar-refractivity contribution in [3.05, 3.63) is 186 Å². The Bertz CT molecular complexity index is 2650. The smallest absolute Gasteiger partial charge is 0.143 e. The number of hydrogen-bond acceptors (Lipinski definition) is 6. The highest BCUT2D eigenvalue weighted by Crippen LogP contribution is 2.44. The van der Waals surface area contributed by atoms with Gasteiger partial charge in [-0.15, -0.1) is 0 Å². The van der Waals surface area contributed by atoms with Crippen LogP contribution in [0.1, 0.15) is 34.6 Å². The molecule has 1 aromatic heterocycles. The Labute approximate surface area is 301 Å². The fourth-order valence-electron chi connectivity index (χ4n) is 7.20. The minimum atomic E-state index is -0.0726. The number of benzene rings is 7. The van der Waals surface area contributed by atoms with Crippen molar-refractivity contribution in [3.63, 3.8) is 0 Å². The molecule has 0 amide bonds. The number of fused-ring (bicyclic) bond motifs is 3. The first-order valence-corrected chi connectivity index (χ1v) is 17.2. The molecule has 52 heavy (non-hydrogen) atoms. The Balaban J connectivity index is 1.17. The predicted octanol–water partition coefficient (Wildman–Crippen LogP) is 11.0. The number of nitrogens with zero attached hydrogens (tertiary/aromatic N) is 3. The second-order valence-corrected chi connectivity index (χ2v) is 13.0. The molecule has 0 bridgehead atoms. The summed E-state index contributed by atoms with van der Waals surface area (Å²) in [4.78, 5) is 0. The minimum absolute atomic E-state index is 0.00222. The molecule has 6 nitrogen and oxygen atoms in total. The summed E-state index contributed by atoms with van der Waals surface area (Å²) < 4.78 is 6.70. The third kappa shape index (κ3) is 5.55. The lowest BCUT2D eigenvalue weighted by molar-refractivity contribution is -0.00690. The lowest BCUT2D eigenvalue weighted by Crippen LogP contribution is -2.59. The zero-order valence-electron chi connectivity index (χ0n) is 28.0. The van der Waals surface area contributed by atoms with Gasteiger partial charge in [0.1, 0.15) is 23.5 Å². The largest absolute Gasteiger partial charge is 0.455 e. The van der Waals surface area contributed by atoms with Gasteiger partial charge in [-0.25, -0.2) is 0 Å². The fourth-order valence-corrected chi connectivity index (χ4v) is 7.20. The van der Waals surface area contributed by atoms with Crippen LogP contribution in [0.2, 0.25) is 0 Å². The molecule has 9 rings (SSSR count). The quantitative estimate of drug-likeness (QED) is 0.176. The van der Waals surface area contributed by atoms with Gasteiger partial charge in [0.15, 0.2) is 0 Å². The fraction of sp³-hybridized carbons (Fsp3) is 0.0435. The van der Waals surface area contributed by atoms with Gasteiger partial charge in [-0.2, -0.15) is 15.5 Å². The van der Waals surface area contributed by atoms with E-state index in [4.69, 9.17) is 4.42 Å². The van der Waals surface area contributed by atoms with Crippen molar-refractivity contribution >= 4 is 27.6 Å². The Morgan fingerprint density at radius 1 is 0.538 bits per heavy atom. The second-order valence-electron chi connectivity index (χ2n) is 13.0. The highest BCUT2D eigenvalue weighted by molar-refractivity contribution is 6.16. The maximum absolute atomic E-state index is 9.46. The van der Waals surface area contributed by atoms with E-state index in [2.05, 4.69) is 107 Å². The van der Waals surface area contributed by atoms with Crippen LogP contribution in [-0.2, 0) is 0 Å². The standard InChI is InChI=1S/C46H31N5O/c47-28-30-17-21-32(22-18-30)37-26-40(33-23-19-31(29-48)20-24-33)44-41(27-37)43-39(15-8-16-42(43)52-44)35-11-7-12-36(25-35)46-49-45(34-9-3-1-4-10-34)51(46)50-38-13-5-2-6-14-38/h1-27,45-46,49-50H. The van der Waals surface area contributed by atoms with Gasteiger partial charge in [-0.1, -0.05) is 103 Å². The number of anilines is 1. The topological polar surface area (TPSA) is 88.0 Å². The van der Waals surface area contributed by atoms with E-state index in [1.165, 1.54) is 5.56 Å². The highest BCUT2D eigenvalue weighted by atomic mass is 16.3. The molecule has 2 heterocycles. The first-order valence-electron chi connectivity index (χ1n) is 17.2. The lowest BCUT2D eigenvalue weighted by Gasteiger charge is -2.50. The van der Waals surface area contributed by atoms with Gasteiger partial charge < -0.3 is 9.84 Å². The number of hydrazine groups is 1. The molecule has 0 spiro atoms. The molecule has 1 aliphatic rings. The zero-order valence-corrected chi connectivity index (χ0v) is 28.0. The highest BCUT2D eigenvalue weighted by Gasteiger charge is 2.40. The van der Waals surface area contributed by atoms with Crippen molar-refractivity contribution in [2.45, 2.75) is 12.3 Å². The van der Waals surface area contributed by atoms with Gasteiger partial charge in [0, 0.05) is 22.0 Å². The molecule has 246 valence electrons. The molecule has 7 aromatic carbocycles. The average Bonchev–Trinajstić information content (AvgIpc) is 3.59. The monoisotopic (exact) mass is 669 g/mol. The second kappa shape index (κ2) is 13.1. The molecule has 2 N–H and O–H groups in total. The van der Waals surface area contributed by atoms with E-state index in [9.17, 15) is 10.5 Å². The van der Waals surface area contributed by atoms with E-state index in [0.717, 1.165) is 66.6 Å². The van der Waals surface area contributed by atoms with Crippen molar-refractivity contribution in [1.82, 2.24) is 10.3 Å². The van der Waals surface area contributed by atoms with E-state index in [1.807, 2.05) is 84.9 Å². The van der Waals surface area contributed by atoms with Crippen molar-refractivity contribution in [2.75, 3.05) is 5.43 Å². The minimum Gasteiger partial charge on any atom is -0.455 e. The maximum Gasteiger partial charge on any atom is 0.143 e. The summed E-state index contributed by atoms with van der Waals surface area (Å²) in [5, 5.41) is 27.0. The first kappa shape index (κ1) is 31.1. The van der Waals surface area contributed by atoms with Crippen LogP contribution in [0.4, 0.5) is 5.69 Å². The maximum atomic E-state index is 9.46. The summed E-state index contributed by atoms with van der Waals surface area (Å²) in [5.41, 5.74) is 15.9. The van der Waals surface area contributed by atoms with Gasteiger partial charge in [-0.05, 0) is 99.6 Å². The molecule has 6 heteroatoms. The Morgan fingerprint density at radius 2 is 1.17 bits per heavy atom. The van der Waals surface area contributed by atoms with E-state index in [1.54, 1.807) is 0 Å². The van der Waals surface area contributed by atoms with Crippen LogP contribution >= 0.6 is 0 Å². The van der Waals surface area contributed by atoms with Crippen LogP contribution in [0.5, 0.6) is 0 Å². The molecule has 8 aromatic rings. The summed E-state index contributed by atoms with van der Waals surface area (Å²) >= 11 is 0. The van der Waals surface area contributed by atoms with Crippen LogP contribution in [-0.4, -0.2) is 5.01 Å². The van der Waals surface area contributed by atoms with Gasteiger partial charge >= 0.3 is 0 Å². The third-order valence-corrected chi connectivity index (χ3v) is 9.80. The third-order valence-electron chi connectivity index (χ3n) is 9.80. The van der Waals surface area contributed by atoms with Crippen LogP contribution in [0.15, 0.2) is 168 Å². The van der Waals surface area contributed by atoms with E-state index in [0.29, 0.717) is 11.1 Å². The molecule has 0 radical (unpaired) electrons. The number of nitrogens with one attached hydrogen (secondary N) is 2. The van der Waals surface area contributed by atoms with E-state index in [-0.39, 0.29) is 12.3 Å². The summed E-state index contributed by atoms with van der Waals surface area (Å²) in [5.74, 6) is 0. The first-order chi connectivity index (χ1) is 25.7. The molecular formula is C46H31N5O. The summed E-state index contributed by atoms with van der Waals surface area (Å²) in [7, 11) is 0. The number of nitriles is 2. The summed E-state index contributed by atoms with van der Waals surface area (Å²) in [6, 6.07) is 59.7. The molecule has 2 atom stereocenters. The van der Waals surface area contributed by atoms with Crippen LogP contribution in [0.25, 0.3) is 55.3 Å². The van der Waals surface area contributed by atoms with Crippen molar-refractivity contribution < 1.29 is 4.42 Å². The number of para-hydroxylation sites is 1. The Kier molecular flexibility index (Phi) is 7.80. The van der Waals surface area contributed by atoms with E-state index >= 15 is 0 Å². The molecule has 1 aliphatic heterocycles. The zero-order chi connectivity index (χ0) is 35.0. The molecule has 2 unspecified atom stereocenters. The molecular weight excluding hydrogens is 639 g/mol. The predicted molar refractivity (Wildman–Crippen MR) is 206 cm³/mol. The van der Waals surface area contributed by atoms with Gasteiger partial charge in [0.2, 0.25) is 0 Å². The Hall–Kier alpha value is -6.96. The molecule has 1 saturated heterocycles. The van der Waals surface area contributed by atoms with E-state index < -0.39 is 0 Å². The number of rotatable bonds is 7. The van der Waals surface area contributed by atoms with Crippen molar-refractivity contribution in [3.8, 4) is 45.5 Å². The van der Waals surface area contributed by atoms with Crippen LogP contribution in [0.3, 0.4) is 0 Å². The molecule has 0 aliphatic carbocycles. The average molecular weight is 670 g/mol. The normalized spacial score (nSPS) is 15.5. The summed E-state index contributed by atoms with van der Waals surface area (Å²) in [6.07, 6.45) is -0.0748. The lowest BCUT2D eigenvalue weighted by atomic mass is 9.92. The molecule has 1 fully saturated rings.